The van der Waals surface area contributed by atoms with Crippen molar-refractivity contribution in [1.82, 2.24) is 9.97 Å². The topological polar surface area (TPSA) is 54.9 Å². The predicted octanol–water partition coefficient (Wildman–Crippen LogP) is 1.77. The smallest absolute Gasteiger partial charge is 0.237 e. The maximum atomic E-state index is 10.9. The number of hydrogen-bond donors (Lipinski definition) is 1. The van der Waals surface area contributed by atoms with Gasteiger partial charge in [-0.1, -0.05) is 27.5 Å². The van der Waals surface area contributed by atoms with Crippen molar-refractivity contribution in [2.24, 2.45) is 0 Å². The second-order valence-corrected chi connectivity index (χ2v) is 3.29. The van der Waals surface area contributed by atoms with E-state index in [4.69, 9.17) is 11.6 Å². The molecule has 4 nitrogen and oxygen atoms in total. The normalized spacial score (nSPS) is 9.77. The van der Waals surface area contributed by atoms with Crippen LogP contribution in [-0.2, 0) is 4.79 Å². The number of halogens is 2. The average Bonchev–Trinajstić information content (AvgIpc) is 2.02. The number of aromatic nitrogens is 2. The summed E-state index contributed by atoms with van der Waals surface area (Å²) in [6.07, 6.45) is 0. The Morgan fingerprint density at radius 3 is 2.92 bits per heavy atom. The highest BCUT2D eigenvalue weighted by atomic mass is 79.9. The molecule has 0 spiro atoms. The maximum Gasteiger partial charge on any atom is 0.237 e. The molecule has 1 N–H and O–H groups in total. The standard InChI is InChI=1S/C7H7BrClN3O/c1-4-2-5(9)11-7(10-4)12-6(13)3-8/h2H,3H2,1H3,(H,10,11,12,13). The van der Waals surface area contributed by atoms with E-state index in [1.165, 1.54) is 0 Å². The maximum absolute atomic E-state index is 10.9. The lowest BCUT2D eigenvalue weighted by Crippen LogP contribution is -2.15. The van der Waals surface area contributed by atoms with Gasteiger partial charge in [-0.15, -0.1) is 0 Å². The molecule has 1 amide bonds. The molecule has 0 unspecified atom stereocenters. The lowest BCUT2D eigenvalue weighted by molar-refractivity contribution is -0.113. The first kappa shape index (κ1) is 10.4. The summed E-state index contributed by atoms with van der Waals surface area (Å²) < 4.78 is 0. The zero-order chi connectivity index (χ0) is 9.84. The summed E-state index contributed by atoms with van der Waals surface area (Å²) in [5, 5.41) is 3.01. The highest BCUT2D eigenvalue weighted by Crippen LogP contribution is 2.09. The fourth-order valence-corrected chi connectivity index (χ4v) is 1.12. The van der Waals surface area contributed by atoms with Gasteiger partial charge >= 0.3 is 0 Å². The Bertz CT molecular complexity index is 311. The number of anilines is 1. The summed E-state index contributed by atoms with van der Waals surface area (Å²) in [4.78, 5) is 18.7. The molecule has 1 aromatic heterocycles. The van der Waals surface area contributed by atoms with Crippen LogP contribution in [0.3, 0.4) is 0 Å². The van der Waals surface area contributed by atoms with Crippen molar-refractivity contribution < 1.29 is 4.79 Å². The van der Waals surface area contributed by atoms with Gasteiger partial charge in [-0.25, -0.2) is 9.97 Å². The summed E-state index contributed by atoms with van der Waals surface area (Å²) in [5.41, 5.74) is 0.713. The van der Waals surface area contributed by atoms with E-state index in [2.05, 4.69) is 31.2 Å². The lowest BCUT2D eigenvalue weighted by atomic mass is 10.5. The molecule has 0 aliphatic carbocycles. The zero-order valence-electron chi connectivity index (χ0n) is 6.84. The molecule has 0 saturated carbocycles. The fourth-order valence-electron chi connectivity index (χ4n) is 0.744. The molecule has 0 bridgehead atoms. The van der Waals surface area contributed by atoms with Gasteiger partial charge < -0.3 is 0 Å². The van der Waals surface area contributed by atoms with Crippen molar-refractivity contribution >= 4 is 39.4 Å². The SMILES string of the molecule is Cc1cc(Cl)nc(NC(=O)CBr)n1. The molecule has 0 aromatic carbocycles. The van der Waals surface area contributed by atoms with E-state index >= 15 is 0 Å². The van der Waals surface area contributed by atoms with Crippen molar-refractivity contribution in [1.29, 1.82) is 0 Å². The molecule has 0 saturated heterocycles. The molecule has 6 heteroatoms. The Hall–Kier alpha value is -0.680. The number of amides is 1. The van der Waals surface area contributed by atoms with Gasteiger partial charge in [0, 0.05) is 5.69 Å². The third-order valence-electron chi connectivity index (χ3n) is 1.20. The Kier molecular flexibility index (Phi) is 3.62. The van der Waals surface area contributed by atoms with Crippen molar-refractivity contribution in [2.75, 3.05) is 10.6 Å². The van der Waals surface area contributed by atoms with Gasteiger partial charge in [0.15, 0.2) is 0 Å². The van der Waals surface area contributed by atoms with Gasteiger partial charge in [0.2, 0.25) is 11.9 Å². The Labute approximate surface area is 88.8 Å². The number of alkyl halides is 1. The van der Waals surface area contributed by atoms with Gasteiger partial charge in [0.05, 0.1) is 5.33 Å². The van der Waals surface area contributed by atoms with Gasteiger partial charge in [0.25, 0.3) is 0 Å². The number of nitrogens with zero attached hydrogens (tertiary/aromatic N) is 2. The first-order valence-corrected chi connectivity index (χ1v) is 4.99. The average molecular weight is 265 g/mol. The minimum Gasteiger partial charge on any atom is -0.294 e. The van der Waals surface area contributed by atoms with E-state index in [9.17, 15) is 4.79 Å². The number of aryl methyl sites for hydroxylation is 1. The van der Waals surface area contributed by atoms with Crippen LogP contribution in [-0.4, -0.2) is 21.2 Å². The number of nitrogens with one attached hydrogen (secondary N) is 1. The molecule has 13 heavy (non-hydrogen) atoms. The third-order valence-corrected chi connectivity index (χ3v) is 1.90. The monoisotopic (exact) mass is 263 g/mol. The largest absolute Gasteiger partial charge is 0.294 e. The van der Waals surface area contributed by atoms with E-state index in [-0.39, 0.29) is 17.2 Å². The van der Waals surface area contributed by atoms with Crippen LogP contribution in [0, 0.1) is 6.92 Å². The zero-order valence-corrected chi connectivity index (χ0v) is 9.18. The van der Waals surface area contributed by atoms with Crippen LogP contribution in [0.5, 0.6) is 0 Å². The quantitative estimate of drug-likeness (QED) is 0.654. The second-order valence-electron chi connectivity index (χ2n) is 2.34. The highest BCUT2D eigenvalue weighted by molar-refractivity contribution is 9.09. The predicted molar refractivity (Wildman–Crippen MR) is 54.2 cm³/mol. The van der Waals surface area contributed by atoms with Gasteiger partial charge in [0.1, 0.15) is 5.15 Å². The van der Waals surface area contributed by atoms with Crippen LogP contribution in [0.1, 0.15) is 5.69 Å². The van der Waals surface area contributed by atoms with Crippen LogP contribution >= 0.6 is 27.5 Å². The Morgan fingerprint density at radius 2 is 2.38 bits per heavy atom. The van der Waals surface area contributed by atoms with Crippen LogP contribution in [0.4, 0.5) is 5.95 Å². The first-order valence-electron chi connectivity index (χ1n) is 3.49. The molecule has 1 aromatic rings. The summed E-state index contributed by atoms with van der Waals surface area (Å²) in [7, 11) is 0. The molecular formula is C7H7BrClN3O. The molecular weight excluding hydrogens is 257 g/mol. The van der Waals surface area contributed by atoms with Crippen LogP contribution in [0.25, 0.3) is 0 Å². The van der Waals surface area contributed by atoms with Crippen molar-refractivity contribution in [3.63, 3.8) is 0 Å². The van der Waals surface area contributed by atoms with Crippen LogP contribution in [0.2, 0.25) is 5.15 Å². The number of carbonyl (C=O) groups is 1. The van der Waals surface area contributed by atoms with Gasteiger partial charge in [-0.2, -0.15) is 0 Å². The van der Waals surface area contributed by atoms with E-state index in [1.807, 2.05) is 0 Å². The van der Waals surface area contributed by atoms with E-state index in [0.29, 0.717) is 10.8 Å². The van der Waals surface area contributed by atoms with E-state index in [0.717, 1.165) is 0 Å². The van der Waals surface area contributed by atoms with E-state index < -0.39 is 0 Å². The van der Waals surface area contributed by atoms with Crippen LogP contribution in [0.15, 0.2) is 6.07 Å². The van der Waals surface area contributed by atoms with Gasteiger partial charge in [-0.3, -0.25) is 10.1 Å². The third kappa shape index (κ3) is 3.28. The molecule has 1 rings (SSSR count). The van der Waals surface area contributed by atoms with Crippen molar-refractivity contribution in [2.45, 2.75) is 6.92 Å². The number of rotatable bonds is 2. The minimum absolute atomic E-state index is 0.207. The van der Waals surface area contributed by atoms with Crippen molar-refractivity contribution in [3.05, 3.63) is 16.9 Å². The number of hydrogen-bond acceptors (Lipinski definition) is 3. The Balaban J connectivity index is 2.83. The lowest BCUT2D eigenvalue weighted by Gasteiger charge is -2.01. The van der Waals surface area contributed by atoms with Crippen LogP contribution < -0.4 is 5.32 Å². The molecule has 0 atom stereocenters. The van der Waals surface area contributed by atoms with Gasteiger partial charge in [-0.05, 0) is 13.0 Å². The molecule has 70 valence electrons. The molecule has 1 heterocycles. The molecule has 0 fully saturated rings. The summed E-state index contributed by atoms with van der Waals surface area (Å²) >= 11 is 8.67. The molecule has 0 radical (unpaired) electrons. The second kappa shape index (κ2) is 4.53. The number of carbonyl (C=O) groups excluding carboxylic acids is 1. The minimum atomic E-state index is -0.207. The summed E-state index contributed by atoms with van der Waals surface area (Å²) in [5.74, 6) is 0.0242. The molecule has 0 aliphatic heterocycles. The first-order chi connectivity index (χ1) is 6.11. The van der Waals surface area contributed by atoms with E-state index in [1.54, 1.807) is 13.0 Å². The molecule has 0 aliphatic rings. The summed E-state index contributed by atoms with van der Waals surface area (Å²) in [6, 6.07) is 1.62. The summed E-state index contributed by atoms with van der Waals surface area (Å²) in [6.45, 7) is 1.78. The fraction of sp³-hybridized carbons (Fsp3) is 0.286. The Morgan fingerprint density at radius 1 is 1.69 bits per heavy atom. The van der Waals surface area contributed by atoms with Crippen molar-refractivity contribution in [3.8, 4) is 0 Å². The highest BCUT2D eigenvalue weighted by Gasteiger charge is 2.03.